The Kier molecular flexibility index (Phi) is 6.83. The van der Waals surface area contributed by atoms with Gasteiger partial charge in [0.25, 0.3) is 5.85 Å². The molecule has 0 aliphatic heterocycles. The summed E-state index contributed by atoms with van der Waals surface area (Å²) in [5.41, 5.74) is 5.32. The largest absolute Gasteiger partial charge is 0.458 e. The Labute approximate surface area is 187 Å². The van der Waals surface area contributed by atoms with Crippen molar-refractivity contribution in [1.82, 2.24) is 19.5 Å². The van der Waals surface area contributed by atoms with Gasteiger partial charge in [-0.1, -0.05) is 0 Å². The van der Waals surface area contributed by atoms with Crippen LogP contribution >= 0.6 is 19.2 Å². The third-order valence-corrected chi connectivity index (χ3v) is 6.07. The molecule has 1 fully saturated rings. The van der Waals surface area contributed by atoms with Crippen LogP contribution in [-0.4, -0.2) is 75.7 Å². The molecule has 1 unspecified atom stereocenters. The second-order valence-electron chi connectivity index (χ2n) is 8.55. The van der Waals surface area contributed by atoms with Gasteiger partial charge in [-0.3, -0.25) is 4.57 Å². The number of carbonyl (C=O) groups is 1. The number of nitrogen functional groups attached to an aromatic ring is 1. The third kappa shape index (κ3) is 5.20. The Morgan fingerprint density at radius 1 is 1.34 bits per heavy atom. The number of halogens is 1. The molecule has 0 radical (unpaired) electrons. The molecule has 0 aromatic carbocycles. The van der Waals surface area contributed by atoms with Gasteiger partial charge in [-0.05, 0) is 38.8 Å². The summed E-state index contributed by atoms with van der Waals surface area (Å²) in [4.78, 5) is 43.3. The molecule has 2 heterocycles. The zero-order valence-corrected chi connectivity index (χ0v) is 19.1. The fourth-order valence-corrected chi connectivity index (χ4v) is 4.34. The van der Waals surface area contributed by atoms with Gasteiger partial charge >= 0.3 is 13.6 Å². The zero-order valence-electron chi connectivity index (χ0n) is 17.5. The van der Waals surface area contributed by atoms with Crippen molar-refractivity contribution in [3.05, 3.63) is 11.6 Å². The number of nitrogens with two attached hydrogens (primary N) is 1. The van der Waals surface area contributed by atoms with Crippen LogP contribution in [0.25, 0.3) is 11.2 Å². The van der Waals surface area contributed by atoms with Crippen LogP contribution in [0.4, 0.5) is 5.82 Å². The zero-order chi connectivity index (χ0) is 24.0. The quantitative estimate of drug-likeness (QED) is 0.208. The van der Waals surface area contributed by atoms with Gasteiger partial charge in [0.2, 0.25) is 5.28 Å². The van der Waals surface area contributed by atoms with Crippen molar-refractivity contribution < 1.29 is 38.8 Å². The first kappa shape index (κ1) is 24.8. The van der Waals surface area contributed by atoms with Gasteiger partial charge in [-0.2, -0.15) is 9.97 Å². The standard InChI is InChI=1S/C17H25ClN5O8P/c1-17(2,3)31-14(26)15(32(27,28)29)30-5-7-4-8(11(25)10(7)24)23-6-20-9-12(19)21-16(18)22-13(9)23/h6-8,10-11,15,24-25H,4-5H2,1-3H3,(H2,19,21,22)(H2,27,28,29)/t7-,8-,10-,11+,15?/m1/s1. The molecular formula is C17H25ClN5O8P. The van der Waals surface area contributed by atoms with Crippen LogP contribution in [0.15, 0.2) is 6.33 Å². The van der Waals surface area contributed by atoms with Crippen molar-refractivity contribution in [2.24, 2.45) is 5.92 Å². The molecule has 3 rings (SSSR count). The molecule has 0 spiro atoms. The van der Waals surface area contributed by atoms with Crippen LogP contribution in [0, 0.1) is 5.92 Å². The van der Waals surface area contributed by atoms with E-state index in [1.165, 1.54) is 10.9 Å². The van der Waals surface area contributed by atoms with Gasteiger partial charge in [0, 0.05) is 5.92 Å². The Bertz CT molecular complexity index is 1050. The van der Waals surface area contributed by atoms with E-state index in [-0.39, 0.29) is 28.7 Å². The number of anilines is 1. The van der Waals surface area contributed by atoms with Crippen molar-refractivity contribution in [1.29, 1.82) is 0 Å². The summed E-state index contributed by atoms with van der Waals surface area (Å²) in [5, 5.41) is 21.0. The summed E-state index contributed by atoms with van der Waals surface area (Å²) in [6.45, 7) is 4.21. The number of rotatable bonds is 6. The lowest BCUT2D eigenvalue weighted by Crippen LogP contribution is -2.36. The second kappa shape index (κ2) is 8.82. The smallest absolute Gasteiger partial charge is 0.365 e. The molecule has 0 saturated heterocycles. The summed E-state index contributed by atoms with van der Waals surface area (Å²) < 4.78 is 23.5. The minimum absolute atomic E-state index is 0.0496. The van der Waals surface area contributed by atoms with E-state index in [1.807, 2.05) is 0 Å². The van der Waals surface area contributed by atoms with E-state index in [0.717, 1.165) is 0 Å². The SMILES string of the molecule is CC(C)(C)OC(=O)C(OC[C@H]1C[C@@H](n2cnc3c(N)nc(Cl)nc32)[C@H](O)[C@@H]1O)P(=O)(O)O. The van der Waals surface area contributed by atoms with Gasteiger partial charge in [0.15, 0.2) is 11.5 Å². The average Bonchev–Trinajstić information content (AvgIpc) is 3.15. The van der Waals surface area contributed by atoms with Crippen LogP contribution < -0.4 is 5.73 Å². The van der Waals surface area contributed by atoms with Gasteiger partial charge in [0.1, 0.15) is 17.2 Å². The van der Waals surface area contributed by atoms with Crippen LogP contribution in [0.5, 0.6) is 0 Å². The number of carbonyl (C=O) groups excluding carboxylic acids is 1. The molecule has 2 aromatic rings. The first-order chi connectivity index (χ1) is 14.7. The molecule has 32 heavy (non-hydrogen) atoms. The molecule has 1 aliphatic rings. The summed E-state index contributed by atoms with van der Waals surface area (Å²) >= 11 is 5.86. The molecule has 0 amide bonds. The average molecular weight is 494 g/mol. The first-order valence-electron chi connectivity index (χ1n) is 9.60. The topological polar surface area (TPSA) is 203 Å². The number of esters is 1. The maximum atomic E-state index is 12.2. The van der Waals surface area contributed by atoms with E-state index < -0.39 is 55.8 Å². The Hall–Kier alpha value is -1.86. The number of fused-ring (bicyclic) bond motifs is 1. The normalized spacial score (nSPS) is 25.2. The number of imidazole rings is 1. The van der Waals surface area contributed by atoms with E-state index in [2.05, 4.69) is 15.0 Å². The lowest BCUT2D eigenvalue weighted by molar-refractivity contribution is -0.165. The summed E-state index contributed by atoms with van der Waals surface area (Å²) in [6, 6.07) is -0.719. The van der Waals surface area contributed by atoms with Crippen LogP contribution in [0.3, 0.4) is 0 Å². The Morgan fingerprint density at radius 3 is 2.59 bits per heavy atom. The second-order valence-corrected chi connectivity index (χ2v) is 10.5. The maximum Gasteiger partial charge on any atom is 0.365 e. The number of aliphatic hydroxyl groups is 2. The van der Waals surface area contributed by atoms with Crippen molar-refractivity contribution >= 4 is 42.1 Å². The molecule has 15 heteroatoms. The number of aromatic nitrogens is 4. The Morgan fingerprint density at radius 2 is 2.00 bits per heavy atom. The molecule has 1 aliphatic carbocycles. The van der Waals surface area contributed by atoms with Gasteiger partial charge < -0.3 is 39.8 Å². The Balaban J connectivity index is 1.78. The number of ether oxygens (including phenoxy) is 2. The number of hydrogen-bond acceptors (Lipinski definition) is 10. The molecule has 1 saturated carbocycles. The van der Waals surface area contributed by atoms with Crippen molar-refractivity contribution in [2.45, 2.75) is 56.9 Å². The van der Waals surface area contributed by atoms with Crippen molar-refractivity contribution in [2.75, 3.05) is 12.3 Å². The highest BCUT2D eigenvalue weighted by Crippen LogP contribution is 2.44. The van der Waals surface area contributed by atoms with E-state index in [4.69, 9.17) is 26.8 Å². The maximum absolute atomic E-state index is 12.2. The highest BCUT2D eigenvalue weighted by atomic mass is 35.5. The van der Waals surface area contributed by atoms with Crippen LogP contribution in [0.1, 0.15) is 33.2 Å². The van der Waals surface area contributed by atoms with Crippen molar-refractivity contribution in [3.8, 4) is 0 Å². The van der Waals surface area contributed by atoms with Crippen LogP contribution in [0.2, 0.25) is 5.28 Å². The highest BCUT2D eigenvalue weighted by Gasteiger charge is 2.46. The highest BCUT2D eigenvalue weighted by molar-refractivity contribution is 7.53. The van der Waals surface area contributed by atoms with Gasteiger partial charge in [-0.15, -0.1) is 0 Å². The molecule has 2 aromatic heterocycles. The molecular weight excluding hydrogens is 469 g/mol. The molecule has 178 valence electrons. The van der Waals surface area contributed by atoms with E-state index in [9.17, 15) is 29.4 Å². The van der Waals surface area contributed by atoms with E-state index >= 15 is 0 Å². The van der Waals surface area contributed by atoms with Crippen LogP contribution in [-0.2, 0) is 18.8 Å². The monoisotopic (exact) mass is 493 g/mol. The summed E-state index contributed by atoms with van der Waals surface area (Å²) in [5.74, 6) is -4.10. The van der Waals surface area contributed by atoms with E-state index in [1.54, 1.807) is 20.8 Å². The van der Waals surface area contributed by atoms with Gasteiger partial charge in [0.05, 0.1) is 25.1 Å². The molecule has 13 nitrogen and oxygen atoms in total. The molecule has 5 atom stereocenters. The number of aliphatic hydroxyl groups excluding tert-OH is 2. The molecule has 6 N–H and O–H groups in total. The predicted molar refractivity (Wildman–Crippen MR) is 112 cm³/mol. The predicted octanol–water partition coefficient (Wildman–Crippen LogP) is 0.207. The fraction of sp³-hybridized carbons (Fsp3) is 0.647. The lowest BCUT2D eigenvalue weighted by Gasteiger charge is -2.25. The first-order valence-corrected chi connectivity index (χ1v) is 11.7. The number of nitrogens with zero attached hydrogens (tertiary/aromatic N) is 4. The minimum Gasteiger partial charge on any atom is -0.458 e. The minimum atomic E-state index is -5.02. The summed E-state index contributed by atoms with van der Waals surface area (Å²) in [7, 11) is -5.02. The fourth-order valence-electron chi connectivity index (χ4n) is 3.56. The van der Waals surface area contributed by atoms with Gasteiger partial charge in [-0.25, -0.2) is 9.78 Å². The third-order valence-electron chi connectivity index (χ3n) is 4.93. The summed E-state index contributed by atoms with van der Waals surface area (Å²) in [6.07, 6.45) is -1.11. The van der Waals surface area contributed by atoms with Crippen molar-refractivity contribution in [3.63, 3.8) is 0 Å². The lowest BCUT2D eigenvalue weighted by atomic mass is 10.1. The molecule has 0 bridgehead atoms. The number of hydrogen-bond donors (Lipinski definition) is 5. The van der Waals surface area contributed by atoms with E-state index in [0.29, 0.717) is 0 Å².